The molecule has 88 valence electrons. The number of benzene rings is 1. The van der Waals surface area contributed by atoms with Crippen LogP contribution in [0.5, 0.6) is 0 Å². The van der Waals surface area contributed by atoms with Crippen molar-refractivity contribution >= 4 is 11.6 Å². The van der Waals surface area contributed by atoms with Gasteiger partial charge in [-0.3, -0.25) is 4.90 Å². The molecule has 0 unspecified atom stereocenters. The molecule has 2 rings (SSSR count). The van der Waals surface area contributed by atoms with Gasteiger partial charge >= 0.3 is 0 Å². The largest absolute Gasteiger partial charge is 0.387 e. The number of hydrogen-bond donors (Lipinski definition) is 1. The third kappa shape index (κ3) is 2.76. The van der Waals surface area contributed by atoms with Gasteiger partial charge < -0.3 is 5.11 Å². The van der Waals surface area contributed by atoms with E-state index in [4.69, 9.17) is 11.6 Å². The Kier molecular flexibility index (Phi) is 3.53. The molecule has 0 atom stereocenters. The van der Waals surface area contributed by atoms with Gasteiger partial charge in [-0.15, -0.1) is 0 Å². The lowest BCUT2D eigenvalue weighted by molar-refractivity contribution is -0.106. The molecule has 1 heterocycles. The van der Waals surface area contributed by atoms with Gasteiger partial charge in [0.25, 0.3) is 0 Å². The molecule has 1 aliphatic heterocycles. The van der Waals surface area contributed by atoms with Crippen molar-refractivity contribution < 1.29 is 5.11 Å². The van der Waals surface area contributed by atoms with Crippen molar-refractivity contribution in [3.05, 3.63) is 34.9 Å². The molecule has 0 bridgehead atoms. The number of likely N-dealkylation sites (tertiary alicyclic amines) is 1. The van der Waals surface area contributed by atoms with Crippen LogP contribution in [0, 0.1) is 0 Å². The van der Waals surface area contributed by atoms with Crippen molar-refractivity contribution in [3.63, 3.8) is 0 Å². The molecule has 0 aromatic heterocycles. The van der Waals surface area contributed by atoms with Crippen LogP contribution in [-0.2, 0) is 6.54 Å². The highest BCUT2D eigenvalue weighted by atomic mass is 35.5. The molecule has 0 spiro atoms. The molecule has 1 fully saturated rings. The maximum absolute atomic E-state index is 10.0. The van der Waals surface area contributed by atoms with Crippen LogP contribution in [0.2, 0.25) is 5.02 Å². The number of hydrogen-bond acceptors (Lipinski definition) is 2. The Morgan fingerprint density at radius 2 is 1.94 bits per heavy atom. The molecule has 1 saturated heterocycles. The molecule has 16 heavy (non-hydrogen) atoms. The summed E-state index contributed by atoms with van der Waals surface area (Å²) < 4.78 is 0. The minimum atomic E-state index is -0.429. The number of nitrogens with zero attached hydrogens (tertiary/aromatic N) is 1. The van der Waals surface area contributed by atoms with Gasteiger partial charge in [0, 0.05) is 24.7 Å². The van der Waals surface area contributed by atoms with E-state index < -0.39 is 5.60 Å². The Hall–Kier alpha value is -0.570. The summed E-state index contributed by atoms with van der Waals surface area (Å²) in [7, 11) is 0. The van der Waals surface area contributed by atoms with Gasteiger partial charge in [-0.2, -0.15) is 0 Å². The third-order valence-corrected chi connectivity index (χ3v) is 3.32. The standard InChI is InChI=1S/C13H18ClNO/c1-2-7-13(16)9-15(10-13)8-11-3-5-12(14)6-4-11/h3-6,16H,2,7-10H2,1H3. The van der Waals surface area contributed by atoms with Crippen molar-refractivity contribution in [2.24, 2.45) is 0 Å². The van der Waals surface area contributed by atoms with E-state index in [1.165, 1.54) is 5.56 Å². The highest BCUT2D eigenvalue weighted by molar-refractivity contribution is 6.30. The topological polar surface area (TPSA) is 23.5 Å². The second-order valence-corrected chi connectivity index (χ2v) is 5.18. The summed E-state index contributed by atoms with van der Waals surface area (Å²) in [6.07, 6.45) is 1.95. The molecular formula is C13H18ClNO. The van der Waals surface area contributed by atoms with Crippen LogP contribution in [0.15, 0.2) is 24.3 Å². The van der Waals surface area contributed by atoms with Crippen molar-refractivity contribution in [1.82, 2.24) is 4.90 Å². The quantitative estimate of drug-likeness (QED) is 0.874. The molecule has 1 aromatic rings. The average Bonchev–Trinajstić information content (AvgIpc) is 2.19. The monoisotopic (exact) mass is 239 g/mol. The lowest BCUT2D eigenvalue weighted by Crippen LogP contribution is -2.60. The van der Waals surface area contributed by atoms with E-state index in [1.54, 1.807) is 0 Å². The SMILES string of the molecule is CCCC1(O)CN(Cc2ccc(Cl)cc2)C1. The minimum absolute atomic E-state index is 0.429. The summed E-state index contributed by atoms with van der Waals surface area (Å²) >= 11 is 5.83. The van der Waals surface area contributed by atoms with Gasteiger partial charge in [-0.05, 0) is 24.1 Å². The summed E-state index contributed by atoms with van der Waals surface area (Å²) in [4.78, 5) is 2.26. The Morgan fingerprint density at radius 1 is 1.31 bits per heavy atom. The zero-order valence-corrected chi connectivity index (χ0v) is 10.4. The van der Waals surface area contributed by atoms with E-state index in [-0.39, 0.29) is 0 Å². The van der Waals surface area contributed by atoms with Crippen molar-refractivity contribution in [2.45, 2.75) is 31.9 Å². The second-order valence-electron chi connectivity index (χ2n) is 4.75. The molecule has 0 aliphatic carbocycles. The Balaban J connectivity index is 1.83. The van der Waals surface area contributed by atoms with Crippen molar-refractivity contribution in [3.8, 4) is 0 Å². The zero-order chi connectivity index (χ0) is 11.6. The van der Waals surface area contributed by atoms with Crippen LogP contribution in [0.4, 0.5) is 0 Å². The van der Waals surface area contributed by atoms with Crippen LogP contribution < -0.4 is 0 Å². The maximum Gasteiger partial charge on any atom is 0.0900 e. The van der Waals surface area contributed by atoms with Gasteiger partial charge in [0.15, 0.2) is 0 Å². The Labute approximate surface area is 102 Å². The molecule has 1 N–H and O–H groups in total. The molecule has 0 radical (unpaired) electrons. The van der Waals surface area contributed by atoms with Gasteiger partial charge in [0.1, 0.15) is 0 Å². The molecule has 1 aromatic carbocycles. The van der Waals surface area contributed by atoms with Crippen LogP contribution in [0.25, 0.3) is 0 Å². The second kappa shape index (κ2) is 4.74. The van der Waals surface area contributed by atoms with Gasteiger partial charge in [0.2, 0.25) is 0 Å². The van der Waals surface area contributed by atoms with E-state index in [0.717, 1.165) is 37.5 Å². The first-order valence-electron chi connectivity index (χ1n) is 5.80. The number of halogens is 1. The number of β-amino-alcohol motifs (C(OH)–C–C–N with tert-alkyl or cyclic N) is 1. The first-order valence-corrected chi connectivity index (χ1v) is 6.18. The first-order chi connectivity index (χ1) is 7.61. The number of rotatable bonds is 4. The van der Waals surface area contributed by atoms with E-state index in [0.29, 0.717) is 0 Å². The van der Waals surface area contributed by atoms with Gasteiger partial charge in [-0.1, -0.05) is 37.1 Å². The van der Waals surface area contributed by atoms with E-state index in [1.807, 2.05) is 24.3 Å². The zero-order valence-electron chi connectivity index (χ0n) is 9.62. The molecule has 0 saturated carbocycles. The summed E-state index contributed by atoms with van der Waals surface area (Å²) in [5.74, 6) is 0. The third-order valence-electron chi connectivity index (χ3n) is 3.07. The lowest BCUT2D eigenvalue weighted by atomic mass is 9.89. The molecule has 0 amide bonds. The Bertz CT molecular complexity index is 343. The fourth-order valence-corrected chi connectivity index (χ4v) is 2.50. The van der Waals surface area contributed by atoms with Crippen molar-refractivity contribution in [1.29, 1.82) is 0 Å². The van der Waals surface area contributed by atoms with Crippen LogP contribution >= 0.6 is 11.6 Å². The summed E-state index contributed by atoms with van der Waals surface area (Å²) in [5, 5.41) is 10.8. The maximum atomic E-state index is 10.0. The van der Waals surface area contributed by atoms with Crippen molar-refractivity contribution in [2.75, 3.05) is 13.1 Å². The summed E-state index contributed by atoms with van der Waals surface area (Å²) in [6, 6.07) is 7.91. The van der Waals surface area contributed by atoms with E-state index in [9.17, 15) is 5.11 Å². The first kappa shape index (κ1) is 11.9. The van der Waals surface area contributed by atoms with Gasteiger partial charge in [-0.25, -0.2) is 0 Å². The lowest BCUT2D eigenvalue weighted by Gasteiger charge is -2.46. The van der Waals surface area contributed by atoms with Crippen LogP contribution in [0.3, 0.4) is 0 Å². The fourth-order valence-electron chi connectivity index (χ4n) is 2.37. The highest BCUT2D eigenvalue weighted by Crippen LogP contribution is 2.27. The predicted molar refractivity (Wildman–Crippen MR) is 66.6 cm³/mol. The van der Waals surface area contributed by atoms with E-state index >= 15 is 0 Å². The highest BCUT2D eigenvalue weighted by Gasteiger charge is 2.39. The Morgan fingerprint density at radius 3 is 2.50 bits per heavy atom. The van der Waals surface area contributed by atoms with Crippen LogP contribution in [-0.4, -0.2) is 28.7 Å². The number of aliphatic hydroxyl groups is 1. The average molecular weight is 240 g/mol. The minimum Gasteiger partial charge on any atom is -0.387 e. The smallest absolute Gasteiger partial charge is 0.0900 e. The normalized spacial score (nSPS) is 19.4. The summed E-state index contributed by atoms with van der Waals surface area (Å²) in [5.41, 5.74) is 0.823. The van der Waals surface area contributed by atoms with E-state index in [2.05, 4.69) is 11.8 Å². The fraction of sp³-hybridized carbons (Fsp3) is 0.538. The van der Waals surface area contributed by atoms with Gasteiger partial charge in [0.05, 0.1) is 5.60 Å². The molecule has 1 aliphatic rings. The predicted octanol–water partition coefficient (Wildman–Crippen LogP) is 2.69. The molecule has 3 heteroatoms. The van der Waals surface area contributed by atoms with Crippen LogP contribution in [0.1, 0.15) is 25.3 Å². The summed E-state index contributed by atoms with van der Waals surface area (Å²) in [6.45, 7) is 4.61. The molecule has 2 nitrogen and oxygen atoms in total. The molecular weight excluding hydrogens is 222 g/mol.